The molecule has 0 aliphatic carbocycles. The van der Waals surface area contributed by atoms with E-state index in [0.29, 0.717) is 0 Å². The number of aliphatic hydroxyl groups is 1. The van der Waals surface area contributed by atoms with Gasteiger partial charge in [0.2, 0.25) is 58.8 Å². The second kappa shape index (κ2) is 24.6. The summed E-state index contributed by atoms with van der Waals surface area (Å²) in [6, 6.07) is 0. The lowest BCUT2D eigenvalue weighted by atomic mass is 9.54. The highest BCUT2D eigenvalue weighted by Crippen LogP contribution is 2.66. The Labute approximate surface area is 452 Å². The van der Waals surface area contributed by atoms with E-state index in [1.807, 2.05) is 0 Å². The molecule has 0 spiro atoms. The summed E-state index contributed by atoms with van der Waals surface area (Å²) in [4.78, 5) is 177. The fourth-order valence-corrected chi connectivity index (χ4v) is 10.9. The summed E-state index contributed by atoms with van der Waals surface area (Å²) in [6.07, 6.45) is -5.37. The Morgan fingerprint density at radius 3 is 0.987 bits per heavy atom. The monoisotopic (exact) mass is 1120 g/mol. The first kappa shape index (κ1) is 66.4. The number of imide groups is 4. The van der Waals surface area contributed by atoms with Gasteiger partial charge in [0.1, 0.15) is 0 Å². The molecule has 4 heterocycles. The number of amides is 8. The zero-order valence-electron chi connectivity index (χ0n) is 47.5. The molecule has 0 aromatic carbocycles. The number of nitrogens with one attached hydrogen (secondary N) is 4. The molecule has 0 bridgehead atoms. The summed E-state index contributed by atoms with van der Waals surface area (Å²) in [5.74, 6) is -35.5. The van der Waals surface area contributed by atoms with Crippen molar-refractivity contribution in [2.24, 2.45) is 46.3 Å². The van der Waals surface area contributed by atoms with E-state index in [1.165, 1.54) is 83.1 Å². The number of hydrogen-bond acceptors (Lipinski definition) is 24. The largest absolute Gasteiger partial charge is 0.350 e. The van der Waals surface area contributed by atoms with Gasteiger partial charge >= 0.3 is 11.9 Å². The third-order valence-corrected chi connectivity index (χ3v) is 13.7. The van der Waals surface area contributed by atoms with E-state index in [9.17, 15) is 59.2 Å². The zero-order valence-corrected chi connectivity index (χ0v) is 47.5. The van der Waals surface area contributed by atoms with Crippen LogP contribution in [0.25, 0.3) is 0 Å². The van der Waals surface area contributed by atoms with Crippen molar-refractivity contribution in [3.8, 4) is 0 Å². The average Bonchev–Trinajstić information content (AvgIpc) is 4.06. The van der Waals surface area contributed by atoms with Gasteiger partial charge in [0.05, 0.1) is 56.9 Å². The van der Waals surface area contributed by atoms with E-state index < -0.39 is 178 Å². The summed E-state index contributed by atoms with van der Waals surface area (Å²) in [6.45, 7) is 23.8. The standard InChI is InChI=1S/C50H82N4O24/c1-17-19-21-47(29-25-33(57)53-39(29)61,35(27-23-31(55)51-37(27)59)45(15,75-71-41(3,4)5)76-72-42(6,7)8)49(63,68-64)67-50(69-65,70-66)48(22-20-18-2,30-26-34(58)54-40(30)62)36(28-24-32(56)52-38(28)60)46(16,77-73-43(9,10)11)78-74-44(12,13)14/h27-30,35-36,63-66H,17-26H2,1-16H3,(H,51,55,59)(H,52,56,60)(H,53,57,61)(H,54,58,62). The zero-order chi connectivity index (χ0) is 59.5. The predicted molar refractivity (Wildman–Crippen MR) is 260 cm³/mol. The second-order valence-corrected chi connectivity index (χ2v) is 24.7. The first-order chi connectivity index (χ1) is 35.7. The summed E-state index contributed by atoms with van der Waals surface area (Å²) in [5.41, 5.74) is -11.4. The van der Waals surface area contributed by atoms with Crippen LogP contribution < -0.4 is 21.3 Å². The molecule has 78 heavy (non-hydrogen) atoms. The number of carbonyl (C=O) groups is 8. The van der Waals surface area contributed by atoms with Crippen molar-refractivity contribution in [2.75, 3.05) is 0 Å². The molecule has 0 aromatic heterocycles. The van der Waals surface area contributed by atoms with E-state index in [2.05, 4.69) is 21.3 Å². The van der Waals surface area contributed by atoms with Gasteiger partial charge in [-0.2, -0.15) is 34.2 Å². The number of unbranched alkanes of at least 4 members (excludes halogenated alkanes) is 2. The summed E-state index contributed by atoms with van der Waals surface area (Å²) in [5, 5.41) is 58.2. The molecule has 8 amide bonds. The van der Waals surface area contributed by atoms with Crippen LogP contribution in [-0.2, 0) is 96.9 Å². The van der Waals surface area contributed by atoms with Gasteiger partial charge < -0.3 is 5.11 Å². The van der Waals surface area contributed by atoms with Gasteiger partial charge in [-0.05, 0) is 110 Å². The van der Waals surface area contributed by atoms with Crippen molar-refractivity contribution in [1.29, 1.82) is 0 Å². The number of hydrogen-bond donors (Lipinski definition) is 8. The van der Waals surface area contributed by atoms with E-state index >= 15 is 0 Å². The van der Waals surface area contributed by atoms with E-state index in [0.717, 1.165) is 13.8 Å². The minimum absolute atomic E-state index is 0.0991. The van der Waals surface area contributed by atoms with Crippen LogP contribution in [0.2, 0.25) is 0 Å². The van der Waals surface area contributed by atoms with Crippen molar-refractivity contribution in [3.63, 3.8) is 0 Å². The van der Waals surface area contributed by atoms with Gasteiger partial charge in [0.15, 0.2) is 0 Å². The Morgan fingerprint density at radius 2 is 0.731 bits per heavy atom. The maximum absolute atomic E-state index is 14.8. The Hall–Kier alpha value is -4.08. The summed E-state index contributed by atoms with van der Waals surface area (Å²) >= 11 is 0. The van der Waals surface area contributed by atoms with Crippen LogP contribution in [-0.4, -0.2) is 114 Å². The quantitative estimate of drug-likeness (QED) is 0.0222. The molecular weight excluding hydrogens is 1040 g/mol. The smallest absolute Gasteiger partial charge is 0.341 e. The maximum atomic E-state index is 14.8. The molecule has 4 rings (SSSR count). The molecule has 9 unspecified atom stereocenters. The normalized spacial score (nSPS) is 24.4. The molecule has 0 aromatic rings. The minimum Gasteiger partial charge on any atom is -0.341 e. The molecule has 446 valence electrons. The number of ether oxygens (including phenoxy) is 1. The highest BCUT2D eigenvalue weighted by molar-refractivity contribution is 6.06. The van der Waals surface area contributed by atoms with Crippen LogP contribution in [0.15, 0.2) is 0 Å². The maximum Gasteiger partial charge on any atom is 0.350 e. The van der Waals surface area contributed by atoms with Gasteiger partial charge in [-0.1, -0.05) is 39.5 Å². The molecule has 0 saturated carbocycles. The fourth-order valence-electron chi connectivity index (χ4n) is 10.9. The van der Waals surface area contributed by atoms with Gasteiger partial charge in [-0.25, -0.2) is 35.3 Å². The number of rotatable bonds is 29. The van der Waals surface area contributed by atoms with Crippen molar-refractivity contribution in [1.82, 2.24) is 21.3 Å². The Kier molecular flexibility index (Phi) is 20.9. The Bertz CT molecular complexity index is 2180. The summed E-state index contributed by atoms with van der Waals surface area (Å²) < 4.78 is 6.51. The van der Waals surface area contributed by atoms with Crippen LogP contribution in [0.5, 0.6) is 0 Å². The number of carbonyl (C=O) groups excluding carboxylic acids is 8. The first-order valence-corrected chi connectivity index (χ1v) is 25.9. The molecule has 28 nitrogen and oxygen atoms in total. The van der Waals surface area contributed by atoms with Gasteiger partial charge in [-0.3, -0.25) is 64.4 Å². The molecule has 28 heteroatoms. The van der Waals surface area contributed by atoms with Crippen molar-refractivity contribution >= 4 is 47.3 Å². The lowest BCUT2D eigenvalue weighted by molar-refractivity contribution is -0.674. The van der Waals surface area contributed by atoms with Crippen molar-refractivity contribution in [3.05, 3.63) is 0 Å². The lowest BCUT2D eigenvalue weighted by Crippen LogP contribution is -2.74. The molecule has 4 saturated heterocycles. The Balaban J connectivity index is 2.41. The highest BCUT2D eigenvalue weighted by Gasteiger charge is 2.80. The van der Waals surface area contributed by atoms with Crippen LogP contribution in [0.1, 0.15) is 175 Å². The van der Waals surface area contributed by atoms with Gasteiger partial charge in [0, 0.05) is 37.5 Å². The molecule has 4 aliphatic heterocycles. The molecule has 4 aliphatic rings. The SMILES string of the molecule is CCCCC(C1CC(=O)NC1=O)(C(C1CC(=O)NC1=O)C(C)(OOC(C)(C)C)OOC(C)(C)C)C(O)(OO)OC(OO)(OO)C(CCCC)(C1CC(=O)NC1=O)C(C1CC(=O)NC1=O)C(C)(OOC(C)(C)C)OOC(C)(C)C. The van der Waals surface area contributed by atoms with Crippen LogP contribution in [0, 0.1) is 46.3 Å². The second-order valence-electron chi connectivity index (χ2n) is 24.7. The lowest BCUT2D eigenvalue weighted by Gasteiger charge is -2.60. The van der Waals surface area contributed by atoms with E-state index in [4.69, 9.17) is 58.5 Å². The van der Waals surface area contributed by atoms with Crippen LogP contribution in [0.4, 0.5) is 0 Å². The van der Waals surface area contributed by atoms with E-state index in [-0.39, 0.29) is 25.7 Å². The topological polar surface area (TPSA) is 376 Å². The highest BCUT2D eigenvalue weighted by atomic mass is 17.3. The summed E-state index contributed by atoms with van der Waals surface area (Å²) in [7, 11) is 0. The van der Waals surface area contributed by atoms with Crippen LogP contribution in [0.3, 0.4) is 0 Å². The van der Waals surface area contributed by atoms with Crippen molar-refractivity contribution < 1.29 is 118 Å². The third kappa shape index (κ3) is 14.3. The predicted octanol–water partition coefficient (Wildman–Crippen LogP) is 4.43. The van der Waals surface area contributed by atoms with Gasteiger partial charge in [0.25, 0.3) is 0 Å². The fraction of sp³-hybridized carbons (Fsp3) is 0.840. The molecule has 0 radical (unpaired) electrons. The average molecular weight is 1120 g/mol. The van der Waals surface area contributed by atoms with Gasteiger partial charge in [-0.15, -0.1) is 0 Å². The molecule has 4 fully saturated rings. The first-order valence-electron chi connectivity index (χ1n) is 25.9. The third-order valence-electron chi connectivity index (χ3n) is 13.7. The molecular formula is C50H82N4O24. The minimum atomic E-state index is -4.33. The van der Waals surface area contributed by atoms with Crippen LogP contribution >= 0.6 is 0 Å². The van der Waals surface area contributed by atoms with Crippen molar-refractivity contribution in [2.45, 2.75) is 221 Å². The van der Waals surface area contributed by atoms with E-state index in [1.54, 1.807) is 13.8 Å². The Morgan fingerprint density at radius 1 is 0.436 bits per heavy atom. The molecule has 9 atom stereocenters. The molecule has 8 N–H and O–H groups in total.